The monoisotopic (exact) mass is 566 g/mol. The number of nitrogen functional groups attached to an aromatic ring is 1. The van der Waals surface area contributed by atoms with E-state index in [1.807, 2.05) is 36.4 Å². The number of hydrogen-bond acceptors (Lipinski definition) is 2. The molecule has 2 nitrogen and oxygen atoms in total. The van der Waals surface area contributed by atoms with E-state index in [0.29, 0.717) is 0 Å². The minimum atomic E-state index is 0.753. The molecule has 0 radical (unpaired) electrons. The van der Waals surface area contributed by atoms with Gasteiger partial charge in [-0.15, -0.1) is 0 Å². The van der Waals surface area contributed by atoms with Gasteiger partial charge in [0, 0.05) is 28.3 Å². The number of anilines is 4. The predicted octanol–water partition coefficient (Wildman–Crippen LogP) is 11.2. The fourth-order valence-electron chi connectivity index (χ4n) is 5.42. The van der Waals surface area contributed by atoms with Crippen molar-refractivity contribution >= 4 is 28.3 Å². The average molecular weight is 567 g/mol. The normalized spacial score (nSPS) is 11.4. The molecule has 0 spiro atoms. The Morgan fingerprint density at radius 1 is 0.477 bits per heavy atom. The summed E-state index contributed by atoms with van der Waals surface area (Å²) in [7, 11) is 0. The Bertz CT molecular complexity index is 1880. The summed E-state index contributed by atoms with van der Waals surface area (Å²) in [6.45, 7) is 3.79. The molecule has 2 N–H and O–H groups in total. The van der Waals surface area contributed by atoms with Gasteiger partial charge in [0.1, 0.15) is 0 Å². The highest BCUT2D eigenvalue weighted by molar-refractivity contribution is 5.87. The molecule has 0 unspecified atom stereocenters. The molecular formula is C42H34N2. The molecule has 0 aromatic heterocycles. The lowest BCUT2D eigenvalue weighted by Crippen LogP contribution is -2.09. The molecule has 2 heteroatoms. The van der Waals surface area contributed by atoms with Gasteiger partial charge in [0.25, 0.3) is 0 Å². The molecule has 0 fully saturated rings. The highest BCUT2D eigenvalue weighted by Gasteiger charge is 2.13. The number of benzene rings is 6. The van der Waals surface area contributed by atoms with Crippen LogP contribution in [0.1, 0.15) is 11.1 Å². The van der Waals surface area contributed by atoms with Gasteiger partial charge in [-0.1, -0.05) is 146 Å². The molecule has 44 heavy (non-hydrogen) atoms. The molecule has 0 aliphatic carbocycles. The lowest BCUT2D eigenvalue weighted by atomic mass is 9.94. The molecule has 0 aliphatic rings. The zero-order valence-corrected chi connectivity index (χ0v) is 24.6. The number of rotatable bonds is 9. The van der Waals surface area contributed by atoms with Crippen LogP contribution in [0.3, 0.4) is 0 Å². The average Bonchev–Trinajstić information content (AvgIpc) is 3.09. The molecule has 0 aliphatic heterocycles. The summed E-state index contributed by atoms with van der Waals surface area (Å²) in [4.78, 5) is 2.29. The van der Waals surface area contributed by atoms with Crippen LogP contribution in [0.5, 0.6) is 0 Å². The minimum absolute atomic E-state index is 0.753. The van der Waals surface area contributed by atoms with Gasteiger partial charge < -0.3 is 10.6 Å². The quantitative estimate of drug-likeness (QED) is 0.139. The zero-order valence-electron chi connectivity index (χ0n) is 24.6. The van der Waals surface area contributed by atoms with Crippen molar-refractivity contribution < 1.29 is 0 Å². The van der Waals surface area contributed by atoms with Gasteiger partial charge in [0.2, 0.25) is 0 Å². The van der Waals surface area contributed by atoms with Gasteiger partial charge >= 0.3 is 0 Å². The summed E-state index contributed by atoms with van der Waals surface area (Å²) in [6.07, 6.45) is 7.77. The topological polar surface area (TPSA) is 29.3 Å². The maximum atomic E-state index is 6.35. The van der Waals surface area contributed by atoms with E-state index >= 15 is 0 Å². The van der Waals surface area contributed by atoms with Crippen LogP contribution in [-0.2, 0) is 0 Å². The number of nitrogens with zero attached hydrogens (tertiary/aromatic N) is 1. The molecule has 0 atom stereocenters. The first kappa shape index (κ1) is 28.3. The van der Waals surface area contributed by atoms with Crippen LogP contribution in [0.15, 0.2) is 189 Å². The predicted molar refractivity (Wildman–Crippen MR) is 189 cm³/mol. The van der Waals surface area contributed by atoms with Crippen molar-refractivity contribution in [3.63, 3.8) is 0 Å². The number of nitrogens with two attached hydrogens (primary N) is 1. The van der Waals surface area contributed by atoms with Gasteiger partial charge in [-0.25, -0.2) is 0 Å². The van der Waals surface area contributed by atoms with Gasteiger partial charge in [-0.3, -0.25) is 0 Å². The number of allylic oxidation sites excluding steroid dienone is 4. The Morgan fingerprint density at radius 2 is 0.932 bits per heavy atom. The summed E-state index contributed by atoms with van der Waals surface area (Å²) < 4.78 is 0. The van der Waals surface area contributed by atoms with E-state index in [9.17, 15) is 0 Å². The van der Waals surface area contributed by atoms with E-state index in [1.54, 1.807) is 6.08 Å². The van der Waals surface area contributed by atoms with Crippen LogP contribution >= 0.6 is 0 Å². The standard InChI is InChI=1S/C42H34N2/c1-2-3-6-17-40(41-18-11-12-19-42(41)43)36-22-20-33(21-23-36)35-26-30-39(31-27-35)44(37-15-9-5-10-16-37)38-28-24-34(25-29-38)32-13-7-4-8-14-32/h2-31H,1,43H2/b6-3-,40-17+. The molecular weight excluding hydrogens is 532 g/mol. The first-order valence-corrected chi connectivity index (χ1v) is 14.8. The molecule has 0 bridgehead atoms. The van der Waals surface area contributed by atoms with Crippen molar-refractivity contribution in [2.45, 2.75) is 0 Å². The SMILES string of the molecule is C=C/C=C\C=C(/c1ccc(-c2ccc(N(c3ccccc3)c3ccc(-c4ccccc4)cc3)cc2)cc1)c1ccccc1N. The number of hydrogen-bond donors (Lipinski definition) is 1. The Labute approximate surface area is 260 Å². The Balaban J connectivity index is 1.30. The third kappa shape index (κ3) is 6.30. The maximum absolute atomic E-state index is 6.35. The molecule has 6 aromatic rings. The van der Waals surface area contributed by atoms with Crippen LogP contribution in [0.2, 0.25) is 0 Å². The van der Waals surface area contributed by atoms with Crippen molar-refractivity contribution in [1.29, 1.82) is 0 Å². The fraction of sp³-hybridized carbons (Fsp3) is 0. The molecule has 212 valence electrons. The number of para-hydroxylation sites is 2. The molecule has 0 saturated carbocycles. The van der Waals surface area contributed by atoms with Crippen LogP contribution in [0.25, 0.3) is 27.8 Å². The van der Waals surface area contributed by atoms with Gasteiger partial charge in [0.05, 0.1) is 0 Å². The van der Waals surface area contributed by atoms with E-state index in [1.165, 1.54) is 11.1 Å². The van der Waals surface area contributed by atoms with E-state index in [2.05, 4.69) is 151 Å². The largest absolute Gasteiger partial charge is 0.398 e. The zero-order chi connectivity index (χ0) is 30.1. The van der Waals surface area contributed by atoms with E-state index in [-0.39, 0.29) is 0 Å². The third-order valence-electron chi connectivity index (χ3n) is 7.66. The van der Waals surface area contributed by atoms with Crippen molar-refractivity contribution in [2.24, 2.45) is 0 Å². The lowest BCUT2D eigenvalue weighted by molar-refractivity contribution is 1.28. The highest BCUT2D eigenvalue weighted by atomic mass is 15.1. The van der Waals surface area contributed by atoms with E-state index < -0.39 is 0 Å². The third-order valence-corrected chi connectivity index (χ3v) is 7.66. The van der Waals surface area contributed by atoms with E-state index in [0.717, 1.165) is 50.6 Å². The summed E-state index contributed by atoms with van der Waals surface area (Å²) >= 11 is 0. The Hall–Kier alpha value is -5.86. The van der Waals surface area contributed by atoms with Gasteiger partial charge in [-0.05, 0) is 75.9 Å². The van der Waals surface area contributed by atoms with Crippen molar-refractivity contribution in [3.05, 3.63) is 200 Å². The summed E-state index contributed by atoms with van der Waals surface area (Å²) in [5.74, 6) is 0. The fourth-order valence-corrected chi connectivity index (χ4v) is 5.42. The summed E-state index contributed by atoms with van der Waals surface area (Å²) in [5, 5.41) is 0. The smallest absolute Gasteiger partial charge is 0.0462 e. The summed E-state index contributed by atoms with van der Waals surface area (Å²) in [6, 6.07) is 55.1. The Morgan fingerprint density at radius 3 is 1.48 bits per heavy atom. The van der Waals surface area contributed by atoms with Crippen molar-refractivity contribution in [1.82, 2.24) is 0 Å². The van der Waals surface area contributed by atoms with Crippen LogP contribution in [0, 0.1) is 0 Å². The lowest BCUT2D eigenvalue weighted by Gasteiger charge is -2.26. The van der Waals surface area contributed by atoms with Crippen molar-refractivity contribution in [3.8, 4) is 22.3 Å². The highest BCUT2D eigenvalue weighted by Crippen LogP contribution is 2.37. The molecule has 0 amide bonds. The molecule has 0 saturated heterocycles. The van der Waals surface area contributed by atoms with Crippen LogP contribution < -0.4 is 10.6 Å². The maximum Gasteiger partial charge on any atom is 0.0462 e. The van der Waals surface area contributed by atoms with Gasteiger partial charge in [-0.2, -0.15) is 0 Å². The second kappa shape index (κ2) is 13.4. The van der Waals surface area contributed by atoms with Crippen molar-refractivity contribution in [2.75, 3.05) is 10.6 Å². The molecule has 6 aromatic carbocycles. The van der Waals surface area contributed by atoms with Crippen LogP contribution in [-0.4, -0.2) is 0 Å². The van der Waals surface area contributed by atoms with E-state index in [4.69, 9.17) is 5.73 Å². The Kier molecular flexibility index (Phi) is 8.62. The van der Waals surface area contributed by atoms with Crippen LogP contribution in [0.4, 0.5) is 22.7 Å². The second-order valence-corrected chi connectivity index (χ2v) is 10.5. The van der Waals surface area contributed by atoms with Gasteiger partial charge in [0.15, 0.2) is 0 Å². The minimum Gasteiger partial charge on any atom is -0.398 e. The summed E-state index contributed by atoms with van der Waals surface area (Å²) in [5.41, 5.74) is 18.3. The second-order valence-electron chi connectivity index (χ2n) is 10.5. The molecule has 6 rings (SSSR count). The first-order valence-electron chi connectivity index (χ1n) is 14.8. The first-order chi connectivity index (χ1) is 21.7. The molecule has 0 heterocycles.